The van der Waals surface area contributed by atoms with Gasteiger partial charge in [0.1, 0.15) is 5.52 Å². The quantitative estimate of drug-likeness (QED) is 0.508. The molecule has 1 fully saturated rings. The summed E-state index contributed by atoms with van der Waals surface area (Å²) in [7, 11) is 0. The van der Waals surface area contributed by atoms with E-state index in [9.17, 15) is 0 Å². The molecule has 0 radical (unpaired) electrons. The SMILES string of the molecule is NC(=S)NCCN1CCC(Nc2nc3cccnc3n2Cc2cscn2)C1. The third-order valence-electron chi connectivity index (χ3n) is 4.64. The van der Waals surface area contributed by atoms with Gasteiger partial charge in [-0.3, -0.25) is 9.47 Å². The van der Waals surface area contributed by atoms with Crippen LogP contribution in [0, 0.1) is 0 Å². The fraction of sp³-hybridized carbons (Fsp3) is 0.412. The lowest BCUT2D eigenvalue weighted by Crippen LogP contribution is -2.37. The van der Waals surface area contributed by atoms with Crippen molar-refractivity contribution < 1.29 is 0 Å². The maximum absolute atomic E-state index is 5.48. The molecule has 1 saturated heterocycles. The van der Waals surface area contributed by atoms with Crippen LogP contribution in [-0.2, 0) is 6.54 Å². The zero-order valence-corrected chi connectivity index (χ0v) is 16.5. The van der Waals surface area contributed by atoms with E-state index in [1.54, 1.807) is 17.5 Å². The van der Waals surface area contributed by atoms with Crippen LogP contribution in [0.3, 0.4) is 0 Å². The molecule has 3 aromatic rings. The van der Waals surface area contributed by atoms with Crippen molar-refractivity contribution in [3.63, 3.8) is 0 Å². The van der Waals surface area contributed by atoms with Crippen LogP contribution < -0.4 is 16.4 Å². The molecular weight excluding hydrogens is 380 g/mol. The molecule has 0 spiro atoms. The number of hydrogen-bond acceptors (Lipinski definition) is 7. The highest BCUT2D eigenvalue weighted by Gasteiger charge is 2.24. The summed E-state index contributed by atoms with van der Waals surface area (Å²) in [5.41, 5.74) is 10.1. The molecular formula is C17H22N8S2. The molecule has 1 unspecified atom stereocenters. The van der Waals surface area contributed by atoms with Crippen molar-refractivity contribution >= 4 is 45.8 Å². The molecule has 3 aromatic heterocycles. The van der Waals surface area contributed by atoms with Crippen LogP contribution in [0.15, 0.2) is 29.2 Å². The van der Waals surface area contributed by atoms with Crippen molar-refractivity contribution in [2.24, 2.45) is 5.73 Å². The Labute approximate surface area is 166 Å². The van der Waals surface area contributed by atoms with Gasteiger partial charge in [0.2, 0.25) is 5.95 Å². The molecule has 4 heterocycles. The number of anilines is 1. The van der Waals surface area contributed by atoms with Gasteiger partial charge in [0.25, 0.3) is 0 Å². The minimum atomic E-state index is 0.348. The number of aromatic nitrogens is 4. The molecule has 1 aliphatic heterocycles. The second-order valence-corrected chi connectivity index (χ2v) is 7.73. The van der Waals surface area contributed by atoms with E-state index >= 15 is 0 Å². The van der Waals surface area contributed by atoms with Gasteiger partial charge in [0.05, 0.1) is 17.7 Å². The maximum atomic E-state index is 5.48. The Morgan fingerprint density at radius 1 is 1.41 bits per heavy atom. The Bertz CT molecular complexity index is 907. The molecule has 4 N–H and O–H groups in total. The highest BCUT2D eigenvalue weighted by molar-refractivity contribution is 7.80. The van der Waals surface area contributed by atoms with Crippen LogP contribution in [0.2, 0.25) is 0 Å². The molecule has 8 nitrogen and oxygen atoms in total. The number of thiazole rings is 1. The number of rotatable bonds is 7. The highest BCUT2D eigenvalue weighted by atomic mass is 32.1. The summed E-state index contributed by atoms with van der Waals surface area (Å²) >= 11 is 6.45. The average Bonchev–Trinajstić information content (AvgIpc) is 3.37. The fourth-order valence-electron chi connectivity index (χ4n) is 3.37. The first-order valence-corrected chi connectivity index (χ1v) is 10.2. The van der Waals surface area contributed by atoms with E-state index in [1.165, 1.54) is 0 Å². The van der Waals surface area contributed by atoms with Gasteiger partial charge < -0.3 is 16.4 Å². The summed E-state index contributed by atoms with van der Waals surface area (Å²) in [6, 6.07) is 4.26. The van der Waals surface area contributed by atoms with E-state index in [2.05, 4.69) is 35.4 Å². The summed E-state index contributed by atoms with van der Waals surface area (Å²) in [6.07, 6.45) is 2.87. The summed E-state index contributed by atoms with van der Waals surface area (Å²) in [6.45, 7) is 4.36. The molecule has 0 aliphatic carbocycles. The van der Waals surface area contributed by atoms with Crippen LogP contribution in [0.1, 0.15) is 12.1 Å². The molecule has 10 heteroatoms. The van der Waals surface area contributed by atoms with Gasteiger partial charge in [-0.25, -0.2) is 15.0 Å². The highest BCUT2D eigenvalue weighted by Crippen LogP contribution is 2.22. The van der Waals surface area contributed by atoms with Gasteiger partial charge in [-0.1, -0.05) is 0 Å². The lowest BCUT2D eigenvalue weighted by Gasteiger charge is -2.17. The third-order valence-corrected chi connectivity index (χ3v) is 5.42. The van der Waals surface area contributed by atoms with Crippen molar-refractivity contribution in [3.05, 3.63) is 34.9 Å². The summed E-state index contributed by atoms with van der Waals surface area (Å²) in [5.74, 6) is 0.852. The number of thiocarbonyl (C=S) groups is 1. The Morgan fingerprint density at radius 3 is 3.15 bits per heavy atom. The zero-order chi connectivity index (χ0) is 18.6. The summed E-state index contributed by atoms with van der Waals surface area (Å²) < 4.78 is 2.11. The van der Waals surface area contributed by atoms with Gasteiger partial charge in [-0.05, 0) is 30.8 Å². The molecule has 142 valence electrons. The number of imidazole rings is 1. The minimum absolute atomic E-state index is 0.348. The van der Waals surface area contributed by atoms with Crippen molar-refractivity contribution in [2.45, 2.75) is 19.0 Å². The first-order chi connectivity index (χ1) is 13.2. The number of fused-ring (bicyclic) bond motifs is 1. The molecule has 0 saturated carbocycles. The standard InChI is InChI=1S/C17H22N8S2/c18-16(26)20-5-7-24-6-3-12(8-24)22-17-23-14-2-1-4-19-15(14)25(17)9-13-10-27-11-21-13/h1-2,4,10-12H,3,5-9H2,(H,22,23)(H3,18,20,26). The molecule has 0 aromatic carbocycles. The van der Waals surface area contributed by atoms with Crippen molar-refractivity contribution in [2.75, 3.05) is 31.5 Å². The Balaban J connectivity index is 1.46. The molecule has 0 amide bonds. The number of likely N-dealkylation sites (tertiary alicyclic amines) is 1. The lowest BCUT2D eigenvalue weighted by molar-refractivity contribution is 0.341. The van der Waals surface area contributed by atoms with Crippen LogP contribution in [0.4, 0.5) is 5.95 Å². The van der Waals surface area contributed by atoms with Gasteiger partial charge in [-0.15, -0.1) is 11.3 Å². The lowest BCUT2D eigenvalue weighted by atomic mass is 10.3. The van der Waals surface area contributed by atoms with E-state index in [4.69, 9.17) is 22.9 Å². The second kappa shape index (κ2) is 8.15. The topological polar surface area (TPSA) is 96.9 Å². The number of hydrogen-bond donors (Lipinski definition) is 3. The first kappa shape index (κ1) is 18.1. The number of pyridine rings is 1. The van der Waals surface area contributed by atoms with Gasteiger partial charge in [0, 0.05) is 43.8 Å². The van der Waals surface area contributed by atoms with Crippen LogP contribution >= 0.6 is 23.6 Å². The predicted molar refractivity (Wildman–Crippen MR) is 112 cm³/mol. The smallest absolute Gasteiger partial charge is 0.205 e. The van der Waals surface area contributed by atoms with Crippen LogP contribution in [0.25, 0.3) is 11.2 Å². The zero-order valence-electron chi connectivity index (χ0n) is 14.8. The largest absolute Gasteiger partial charge is 0.376 e. The summed E-state index contributed by atoms with van der Waals surface area (Å²) in [5, 5.41) is 9.03. The normalized spacial score (nSPS) is 17.4. The van der Waals surface area contributed by atoms with E-state index < -0.39 is 0 Å². The average molecular weight is 403 g/mol. The van der Waals surface area contributed by atoms with Gasteiger partial charge in [0.15, 0.2) is 10.8 Å². The Hall–Kier alpha value is -2.30. The predicted octanol–water partition coefficient (Wildman–Crippen LogP) is 1.26. The number of nitrogens with two attached hydrogens (primary N) is 1. The van der Waals surface area contributed by atoms with E-state index in [-0.39, 0.29) is 0 Å². The van der Waals surface area contributed by atoms with Crippen molar-refractivity contribution in [1.82, 2.24) is 29.7 Å². The number of nitrogens with one attached hydrogen (secondary N) is 2. The molecule has 1 aliphatic rings. The molecule has 1 atom stereocenters. The van der Waals surface area contributed by atoms with Crippen LogP contribution in [-0.4, -0.2) is 61.8 Å². The van der Waals surface area contributed by atoms with Gasteiger partial charge in [-0.2, -0.15) is 0 Å². The Kier molecular flexibility index (Phi) is 5.46. The minimum Gasteiger partial charge on any atom is -0.376 e. The van der Waals surface area contributed by atoms with Gasteiger partial charge >= 0.3 is 0 Å². The van der Waals surface area contributed by atoms with Crippen molar-refractivity contribution in [1.29, 1.82) is 0 Å². The first-order valence-electron chi connectivity index (χ1n) is 8.89. The summed E-state index contributed by atoms with van der Waals surface area (Å²) in [4.78, 5) is 16.1. The van der Waals surface area contributed by atoms with E-state index in [0.29, 0.717) is 17.7 Å². The number of nitrogens with zero attached hydrogens (tertiary/aromatic N) is 5. The molecule has 27 heavy (non-hydrogen) atoms. The monoisotopic (exact) mass is 402 g/mol. The molecule has 0 bridgehead atoms. The Morgan fingerprint density at radius 2 is 2.33 bits per heavy atom. The second-order valence-electron chi connectivity index (χ2n) is 6.57. The third kappa shape index (κ3) is 4.34. The van der Waals surface area contributed by atoms with Crippen LogP contribution in [0.5, 0.6) is 0 Å². The maximum Gasteiger partial charge on any atom is 0.205 e. The molecule has 4 rings (SSSR count). The van der Waals surface area contributed by atoms with E-state index in [1.807, 2.05) is 17.6 Å². The fourth-order valence-corrected chi connectivity index (χ4v) is 4.02. The van der Waals surface area contributed by atoms with E-state index in [0.717, 1.165) is 55.4 Å². The van der Waals surface area contributed by atoms with Crippen molar-refractivity contribution in [3.8, 4) is 0 Å².